The summed E-state index contributed by atoms with van der Waals surface area (Å²) < 4.78 is 24.2. The minimum absolute atomic E-state index is 0.151. The number of aromatic nitrogens is 1. The van der Waals surface area contributed by atoms with Gasteiger partial charge >= 0.3 is 0 Å². The fraction of sp³-hybridized carbons (Fsp3) is 0.583. The van der Waals surface area contributed by atoms with Crippen molar-refractivity contribution >= 4 is 15.5 Å². The summed E-state index contributed by atoms with van der Waals surface area (Å²) in [6.45, 7) is 3.04. The molecule has 0 unspecified atom stereocenters. The summed E-state index contributed by atoms with van der Waals surface area (Å²) in [5.74, 6) is 0.151. The average molecular weight is 269 g/mol. The molecule has 0 radical (unpaired) electrons. The molecule has 5 nitrogen and oxygen atoms in total. The topological polar surface area (TPSA) is 76.3 Å². The van der Waals surface area contributed by atoms with Crippen LogP contribution in [0.5, 0.6) is 0 Å². The van der Waals surface area contributed by atoms with Crippen molar-refractivity contribution in [3.05, 3.63) is 18.5 Å². The number of sulfone groups is 1. The minimum Gasteiger partial charge on any atom is -0.396 e. The largest absolute Gasteiger partial charge is 0.396 e. The molecule has 100 valence electrons. The number of nitrogens with two attached hydrogens (primary N) is 1. The predicted molar refractivity (Wildman–Crippen MR) is 71.0 cm³/mol. The molecule has 0 aromatic carbocycles. The molecule has 1 fully saturated rings. The molecule has 1 aliphatic rings. The third kappa shape index (κ3) is 3.20. The van der Waals surface area contributed by atoms with Crippen molar-refractivity contribution in [1.29, 1.82) is 0 Å². The monoisotopic (exact) mass is 269 g/mol. The van der Waals surface area contributed by atoms with Crippen molar-refractivity contribution in [3.63, 3.8) is 0 Å². The Hall–Kier alpha value is -1.14. The van der Waals surface area contributed by atoms with E-state index in [2.05, 4.69) is 9.88 Å². The molecular weight excluding hydrogens is 250 g/mol. The summed E-state index contributed by atoms with van der Waals surface area (Å²) in [7, 11) is -3.27. The van der Waals surface area contributed by atoms with Crippen molar-refractivity contribution in [2.75, 3.05) is 31.1 Å². The van der Waals surface area contributed by atoms with E-state index >= 15 is 0 Å². The molecule has 1 aromatic rings. The smallest absolute Gasteiger partial charge is 0.180 e. The highest BCUT2D eigenvalue weighted by Gasteiger charge is 2.18. The Morgan fingerprint density at radius 1 is 1.33 bits per heavy atom. The zero-order valence-corrected chi connectivity index (χ0v) is 11.2. The Labute approximate surface area is 108 Å². The lowest BCUT2D eigenvalue weighted by Crippen LogP contribution is -2.22. The quantitative estimate of drug-likeness (QED) is 0.860. The van der Waals surface area contributed by atoms with E-state index in [1.165, 1.54) is 31.3 Å². The van der Waals surface area contributed by atoms with Crippen LogP contribution in [0.4, 0.5) is 5.69 Å². The van der Waals surface area contributed by atoms with Crippen LogP contribution < -0.4 is 5.73 Å². The number of hydrogen-bond donors (Lipinski definition) is 1. The van der Waals surface area contributed by atoms with Crippen LogP contribution in [0.15, 0.2) is 23.4 Å². The first-order valence-corrected chi connectivity index (χ1v) is 7.89. The molecule has 6 heteroatoms. The van der Waals surface area contributed by atoms with E-state index in [4.69, 9.17) is 5.73 Å². The lowest BCUT2D eigenvalue weighted by molar-refractivity contribution is 0.340. The van der Waals surface area contributed by atoms with Gasteiger partial charge < -0.3 is 10.6 Å². The average Bonchev–Trinajstić information content (AvgIpc) is 2.82. The van der Waals surface area contributed by atoms with Crippen molar-refractivity contribution in [2.24, 2.45) is 0 Å². The molecular formula is C12H19N3O2S. The van der Waals surface area contributed by atoms with Gasteiger partial charge in [0.1, 0.15) is 0 Å². The first-order chi connectivity index (χ1) is 8.59. The van der Waals surface area contributed by atoms with Crippen molar-refractivity contribution in [2.45, 2.75) is 24.2 Å². The summed E-state index contributed by atoms with van der Waals surface area (Å²) in [6.07, 6.45) is 5.95. The number of nitrogens with zero attached hydrogens (tertiary/aromatic N) is 2. The second-order valence-corrected chi connectivity index (χ2v) is 6.71. The minimum atomic E-state index is -3.27. The van der Waals surface area contributed by atoms with E-state index in [0.717, 1.165) is 19.6 Å². The highest BCUT2D eigenvalue weighted by molar-refractivity contribution is 7.91. The molecule has 0 spiro atoms. The number of hydrogen-bond acceptors (Lipinski definition) is 5. The van der Waals surface area contributed by atoms with Gasteiger partial charge in [0.25, 0.3) is 0 Å². The van der Waals surface area contributed by atoms with Crippen LogP contribution in [0.1, 0.15) is 19.3 Å². The molecule has 0 saturated carbocycles. The van der Waals surface area contributed by atoms with Crippen LogP contribution in [0.2, 0.25) is 0 Å². The van der Waals surface area contributed by atoms with E-state index in [1.807, 2.05) is 0 Å². The third-order valence-corrected chi connectivity index (χ3v) is 5.10. The summed E-state index contributed by atoms with van der Waals surface area (Å²) in [6, 6.07) is 1.47. The lowest BCUT2D eigenvalue weighted by Gasteiger charge is -2.14. The Bertz CT molecular complexity index is 496. The van der Waals surface area contributed by atoms with Gasteiger partial charge in [-0.3, -0.25) is 4.98 Å². The molecule has 2 heterocycles. The molecule has 18 heavy (non-hydrogen) atoms. The normalized spacial score (nSPS) is 17.1. The molecule has 1 saturated heterocycles. The zero-order chi connectivity index (χ0) is 13.0. The van der Waals surface area contributed by atoms with Crippen molar-refractivity contribution in [3.8, 4) is 0 Å². The van der Waals surface area contributed by atoms with Crippen LogP contribution in [-0.4, -0.2) is 43.7 Å². The second-order valence-electron chi connectivity index (χ2n) is 4.63. The van der Waals surface area contributed by atoms with Gasteiger partial charge in [0.05, 0.1) is 22.5 Å². The van der Waals surface area contributed by atoms with E-state index in [9.17, 15) is 8.42 Å². The van der Waals surface area contributed by atoms with Crippen LogP contribution in [0, 0.1) is 0 Å². The van der Waals surface area contributed by atoms with Crippen molar-refractivity contribution in [1.82, 2.24) is 9.88 Å². The Morgan fingerprint density at radius 2 is 2.06 bits per heavy atom. The van der Waals surface area contributed by atoms with E-state index in [0.29, 0.717) is 6.42 Å². The van der Waals surface area contributed by atoms with Gasteiger partial charge in [-0.1, -0.05) is 0 Å². The molecule has 0 aliphatic carbocycles. The number of likely N-dealkylation sites (tertiary alicyclic amines) is 1. The molecule has 0 amide bonds. The maximum absolute atomic E-state index is 12.1. The van der Waals surface area contributed by atoms with E-state index in [-0.39, 0.29) is 16.3 Å². The fourth-order valence-corrected chi connectivity index (χ4v) is 3.68. The molecule has 0 atom stereocenters. The molecule has 1 aromatic heterocycles. The van der Waals surface area contributed by atoms with Gasteiger partial charge in [-0.15, -0.1) is 0 Å². The molecule has 2 N–H and O–H groups in total. The van der Waals surface area contributed by atoms with E-state index < -0.39 is 9.84 Å². The van der Waals surface area contributed by atoms with Gasteiger partial charge in [-0.05, 0) is 45.0 Å². The van der Waals surface area contributed by atoms with Gasteiger partial charge in [0, 0.05) is 6.20 Å². The maximum Gasteiger partial charge on any atom is 0.180 e. The predicted octanol–water partition coefficient (Wildman–Crippen LogP) is 0.923. The Morgan fingerprint density at radius 3 is 2.72 bits per heavy atom. The molecule has 1 aliphatic heterocycles. The third-order valence-electron chi connectivity index (χ3n) is 3.23. The SMILES string of the molecule is Nc1cnccc1S(=O)(=O)CCCN1CCCC1. The van der Waals surface area contributed by atoms with Crippen LogP contribution in [-0.2, 0) is 9.84 Å². The highest BCUT2D eigenvalue weighted by Crippen LogP contribution is 2.18. The number of rotatable bonds is 5. The molecule has 0 bridgehead atoms. The highest BCUT2D eigenvalue weighted by atomic mass is 32.2. The van der Waals surface area contributed by atoms with Gasteiger partial charge in [0.2, 0.25) is 0 Å². The Kier molecular flexibility index (Phi) is 4.19. The number of pyridine rings is 1. The van der Waals surface area contributed by atoms with Crippen LogP contribution in [0.25, 0.3) is 0 Å². The fourth-order valence-electron chi connectivity index (χ4n) is 2.27. The van der Waals surface area contributed by atoms with Crippen LogP contribution >= 0.6 is 0 Å². The summed E-state index contributed by atoms with van der Waals surface area (Å²) in [5, 5.41) is 0. The number of nitrogen functional groups attached to an aromatic ring is 1. The first kappa shape index (κ1) is 13.3. The Balaban J connectivity index is 1.93. The van der Waals surface area contributed by atoms with Crippen molar-refractivity contribution < 1.29 is 8.42 Å². The van der Waals surface area contributed by atoms with Gasteiger partial charge in [-0.2, -0.15) is 0 Å². The van der Waals surface area contributed by atoms with Gasteiger partial charge in [-0.25, -0.2) is 8.42 Å². The standard InChI is InChI=1S/C12H19N3O2S/c13-11-10-14-5-4-12(11)18(16,17)9-3-8-15-6-1-2-7-15/h4-5,10H,1-3,6-9,13H2. The summed E-state index contributed by atoms with van der Waals surface area (Å²) in [5.41, 5.74) is 5.88. The van der Waals surface area contributed by atoms with Gasteiger partial charge in [0.15, 0.2) is 9.84 Å². The molecule has 2 rings (SSSR count). The van der Waals surface area contributed by atoms with Crippen LogP contribution in [0.3, 0.4) is 0 Å². The summed E-state index contributed by atoms with van der Waals surface area (Å²) >= 11 is 0. The number of anilines is 1. The summed E-state index contributed by atoms with van der Waals surface area (Å²) in [4.78, 5) is 6.32. The zero-order valence-electron chi connectivity index (χ0n) is 10.4. The second kappa shape index (κ2) is 5.67. The maximum atomic E-state index is 12.1. The lowest BCUT2D eigenvalue weighted by atomic mass is 10.4. The first-order valence-electron chi connectivity index (χ1n) is 6.24. The van der Waals surface area contributed by atoms with E-state index in [1.54, 1.807) is 0 Å².